The van der Waals surface area contributed by atoms with Crippen molar-refractivity contribution in [1.82, 2.24) is 4.98 Å². The minimum atomic E-state index is 0.0108. The van der Waals surface area contributed by atoms with Gasteiger partial charge in [0.25, 0.3) is 0 Å². The van der Waals surface area contributed by atoms with Crippen LogP contribution in [0, 0.1) is 0 Å². The summed E-state index contributed by atoms with van der Waals surface area (Å²) in [5, 5.41) is 0. The topological polar surface area (TPSA) is 74.2 Å². The van der Waals surface area contributed by atoms with Gasteiger partial charge in [0.05, 0.1) is 6.10 Å². The zero-order chi connectivity index (χ0) is 12.7. The van der Waals surface area contributed by atoms with Gasteiger partial charge < -0.3 is 16.2 Å². The summed E-state index contributed by atoms with van der Waals surface area (Å²) in [6, 6.07) is 3.83. The molecule has 1 aromatic rings. The Labute approximate surface area is 103 Å². The van der Waals surface area contributed by atoms with Gasteiger partial charge in [-0.25, -0.2) is 4.98 Å². The lowest BCUT2D eigenvalue weighted by molar-refractivity contribution is 0.0378. The van der Waals surface area contributed by atoms with Crippen LogP contribution in [0.3, 0.4) is 0 Å². The maximum atomic E-state index is 6.19. The van der Waals surface area contributed by atoms with Crippen LogP contribution in [-0.4, -0.2) is 23.7 Å². The minimum Gasteiger partial charge on any atom is -0.384 e. The maximum Gasteiger partial charge on any atom is 0.123 e. The molecule has 1 heterocycles. The van der Waals surface area contributed by atoms with Crippen molar-refractivity contribution in [3.05, 3.63) is 23.9 Å². The molecule has 4 nitrogen and oxygen atoms in total. The first kappa shape index (κ1) is 13.9. The third-order valence-electron chi connectivity index (χ3n) is 2.75. The summed E-state index contributed by atoms with van der Waals surface area (Å²) in [6.07, 6.45) is 4.69. The Hall–Kier alpha value is -1.13. The largest absolute Gasteiger partial charge is 0.384 e. The highest BCUT2D eigenvalue weighted by molar-refractivity contribution is 5.32. The Kier molecular flexibility index (Phi) is 5.94. The van der Waals surface area contributed by atoms with E-state index in [4.69, 9.17) is 16.2 Å². The van der Waals surface area contributed by atoms with Crippen LogP contribution >= 0.6 is 0 Å². The van der Waals surface area contributed by atoms with E-state index in [0.717, 1.165) is 24.8 Å². The second-order valence-electron chi connectivity index (χ2n) is 4.24. The van der Waals surface area contributed by atoms with Crippen molar-refractivity contribution in [1.29, 1.82) is 0 Å². The fourth-order valence-corrected chi connectivity index (χ4v) is 1.94. The molecule has 0 spiro atoms. The minimum absolute atomic E-state index is 0.0108. The molecule has 0 aliphatic heterocycles. The third-order valence-corrected chi connectivity index (χ3v) is 2.75. The van der Waals surface area contributed by atoms with E-state index < -0.39 is 0 Å². The average Bonchev–Trinajstić information content (AvgIpc) is 2.28. The lowest BCUT2D eigenvalue weighted by atomic mass is 9.99. The van der Waals surface area contributed by atoms with Crippen molar-refractivity contribution in [2.24, 2.45) is 5.73 Å². The lowest BCUT2D eigenvalue weighted by Gasteiger charge is -2.23. The van der Waals surface area contributed by atoms with Crippen molar-refractivity contribution in [3.63, 3.8) is 0 Å². The lowest BCUT2D eigenvalue weighted by Crippen LogP contribution is -2.38. The van der Waals surface area contributed by atoms with Gasteiger partial charge in [-0.3, -0.25) is 0 Å². The van der Waals surface area contributed by atoms with Gasteiger partial charge in [0, 0.05) is 18.8 Å². The summed E-state index contributed by atoms with van der Waals surface area (Å²) in [4.78, 5) is 3.97. The van der Waals surface area contributed by atoms with E-state index in [9.17, 15) is 0 Å². The number of nitrogen functional groups attached to an aromatic ring is 1. The van der Waals surface area contributed by atoms with Crippen LogP contribution in [0.5, 0.6) is 0 Å². The number of ether oxygens (including phenoxy) is 1. The van der Waals surface area contributed by atoms with Gasteiger partial charge in [-0.05, 0) is 37.5 Å². The first-order valence-electron chi connectivity index (χ1n) is 6.25. The second-order valence-corrected chi connectivity index (χ2v) is 4.24. The Bertz CT molecular complexity index is 324. The number of hydrogen-bond donors (Lipinski definition) is 2. The third kappa shape index (κ3) is 4.71. The van der Waals surface area contributed by atoms with Gasteiger partial charge in [0.15, 0.2) is 0 Å². The normalized spacial score (nSPS) is 14.5. The Morgan fingerprint density at radius 3 is 2.76 bits per heavy atom. The van der Waals surface area contributed by atoms with Crippen LogP contribution in [0.25, 0.3) is 0 Å². The summed E-state index contributed by atoms with van der Waals surface area (Å²) in [6.45, 7) is 4.85. The summed E-state index contributed by atoms with van der Waals surface area (Å²) in [5.74, 6) is 0.540. The van der Waals surface area contributed by atoms with E-state index in [0.29, 0.717) is 12.4 Å². The van der Waals surface area contributed by atoms with Gasteiger partial charge in [0.2, 0.25) is 0 Å². The quantitative estimate of drug-likeness (QED) is 0.757. The fraction of sp³-hybridized carbons (Fsp3) is 0.615. The first-order valence-corrected chi connectivity index (χ1v) is 6.25. The van der Waals surface area contributed by atoms with Crippen LogP contribution in [0.2, 0.25) is 0 Å². The molecule has 0 amide bonds. The highest BCUT2D eigenvalue weighted by Gasteiger charge is 2.17. The van der Waals surface area contributed by atoms with Gasteiger partial charge >= 0.3 is 0 Å². The number of aromatic nitrogens is 1. The van der Waals surface area contributed by atoms with Crippen molar-refractivity contribution in [2.45, 2.75) is 45.3 Å². The molecule has 1 rings (SSSR count). The molecule has 0 saturated carbocycles. The van der Waals surface area contributed by atoms with Crippen molar-refractivity contribution in [2.75, 3.05) is 12.3 Å². The smallest absolute Gasteiger partial charge is 0.123 e. The molecule has 0 aromatic carbocycles. The predicted octanol–water partition coefficient (Wildman–Crippen LogP) is 1.74. The standard InChI is InChI=1S/C13H23N3O/c1-3-5-12(17-4-2)11(14)8-10-6-7-16-13(15)9-10/h6-7,9,11-12H,3-5,8,14H2,1-2H3,(H2,15,16). The molecule has 1 aromatic heterocycles. The average molecular weight is 237 g/mol. The van der Waals surface area contributed by atoms with E-state index >= 15 is 0 Å². The monoisotopic (exact) mass is 237 g/mol. The van der Waals surface area contributed by atoms with Crippen molar-refractivity contribution in [3.8, 4) is 0 Å². The number of anilines is 1. The molecule has 0 fully saturated rings. The van der Waals surface area contributed by atoms with Gasteiger partial charge in [-0.1, -0.05) is 13.3 Å². The van der Waals surface area contributed by atoms with E-state index in [1.165, 1.54) is 0 Å². The molecule has 2 atom stereocenters. The SMILES string of the molecule is CCCC(OCC)C(N)Cc1ccnc(N)c1. The molecule has 2 unspecified atom stereocenters. The summed E-state index contributed by atoms with van der Waals surface area (Å²) >= 11 is 0. The summed E-state index contributed by atoms with van der Waals surface area (Å²) in [5.41, 5.74) is 12.9. The van der Waals surface area contributed by atoms with Crippen LogP contribution in [0.4, 0.5) is 5.82 Å². The summed E-state index contributed by atoms with van der Waals surface area (Å²) < 4.78 is 5.67. The first-order chi connectivity index (χ1) is 8.17. The predicted molar refractivity (Wildman–Crippen MR) is 70.7 cm³/mol. The van der Waals surface area contributed by atoms with Crippen LogP contribution in [0.1, 0.15) is 32.3 Å². The second kappa shape index (κ2) is 7.25. The Morgan fingerprint density at radius 1 is 1.41 bits per heavy atom. The van der Waals surface area contributed by atoms with Crippen molar-refractivity contribution < 1.29 is 4.74 Å². The molecular weight excluding hydrogens is 214 g/mol. The molecule has 0 saturated heterocycles. The molecule has 0 radical (unpaired) electrons. The summed E-state index contributed by atoms with van der Waals surface area (Å²) in [7, 11) is 0. The number of hydrogen-bond acceptors (Lipinski definition) is 4. The van der Waals surface area contributed by atoms with Gasteiger partial charge in [-0.2, -0.15) is 0 Å². The molecular formula is C13H23N3O. The highest BCUT2D eigenvalue weighted by Crippen LogP contribution is 2.12. The van der Waals surface area contributed by atoms with Gasteiger partial charge in [0.1, 0.15) is 5.82 Å². The van der Waals surface area contributed by atoms with E-state index in [-0.39, 0.29) is 12.1 Å². The zero-order valence-electron chi connectivity index (χ0n) is 10.7. The van der Waals surface area contributed by atoms with Crippen molar-refractivity contribution >= 4 is 5.82 Å². The zero-order valence-corrected chi connectivity index (χ0v) is 10.7. The molecule has 96 valence electrons. The van der Waals surface area contributed by atoms with E-state index in [1.807, 2.05) is 19.1 Å². The van der Waals surface area contributed by atoms with E-state index in [2.05, 4.69) is 11.9 Å². The number of nitrogens with zero attached hydrogens (tertiary/aromatic N) is 1. The highest BCUT2D eigenvalue weighted by atomic mass is 16.5. The van der Waals surface area contributed by atoms with Gasteiger partial charge in [-0.15, -0.1) is 0 Å². The Balaban J connectivity index is 2.59. The van der Waals surface area contributed by atoms with Crippen LogP contribution in [0.15, 0.2) is 18.3 Å². The maximum absolute atomic E-state index is 6.19. The molecule has 0 bridgehead atoms. The van der Waals surface area contributed by atoms with Crippen LogP contribution < -0.4 is 11.5 Å². The molecule has 17 heavy (non-hydrogen) atoms. The number of nitrogens with two attached hydrogens (primary N) is 2. The molecule has 4 heteroatoms. The van der Waals surface area contributed by atoms with E-state index in [1.54, 1.807) is 6.20 Å². The number of pyridine rings is 1. The fourth-order valence-electron chi connectivity index (χ4n) is 1.94. The van der Waals surface area contributed by atoms with Crippen LogP contribution in [-0.2, 0) is 11.2 Å². The molecule has 4 N–H and O–H groups in total. The number of rotatable bonds is 7. The molecule has 0 aliphatic carbocycles. The Morgan fingerprint density at radius 2 is 2.18 bits per heavy atom. The molecule has 0 aliphatic rings.